The van der Waals surface area contributed by atoms with E-state index in [0.29, 0.717) is 68.5 Å². The van der Waals surface area contributed by atoms with Crippen molar-refractivity contribution in [1.29, 1.82) is 0 Å². The van der Waals surface area contributed by atoms with E-state index >= 15 is 0 Å². The number of anilines is 1. The van der Waals surface area contributed by atoms with E-state index in [4.69, 9.17) is 28.4 Å². The second kappa shape index (κ2) is 49.4. The average molecular weight is 1840 g/mol. The van der Waals surface area contributed by atoms with E-state index in [-0.39, 0.29) is 38.8 Å². The lowest BCUT2D eigenvalue weighted by Crippen LogP contribution is -2.65. The molecule has 44 heteroatoms. The minimum atomic E-state index is -1.76. The summed E-state index contributed by atoms with van der Waals surface area (Å²) < 4.78 is 33.9. The predicted octanol–water partition coefficient (Wildman–Crippen LogP) is -1.12. The van der Waals surface area contributed by atoms with Gasteiger partial charge in [0, 0.05) is 29.2 Å². The van der Waals surface area contributed by atoms with Crippen LogP contribution in [0.2, 0.25) is 0 Å². The van der Waals surface area contributed by atoms with Crippen molar-refractivity contribution in [3.05, 3.63) is 18.2 Å². The lowest BCUT2D eigenvalue weighted by Gasteiger charge is -2.32. The largest absolute Gasteiger partial charge is 0.487 e. The number of carbonyl (C=O) groups is 18. The summed E-state index contributed by atoms with van der Waals surface area (Å²) in [6.07, 6.45) is 3.97. The summed E-state index contributed by atoms with van der Waals surface area (Å²) >= 11 is 0. The van der Waals surface area contributed by atoms with E-state index in [9.17, 15) is 86.3 Å². The van der Waals surface area contributed by atoms with Gasteiger partial charge in [-0.05, 0) is 204 Å². The number of amides is 18. The fraction of sp³-hybridized carbons (Fsp3) is 0.711. The molecule has 127 heavy (non-hydrogen) atoms. The minimum Gasteiger partial charge on any atom is -0.487 e. The van der Waals surface area contributed by atoms with Gasteiger partial charge >= 0.3 is 0 Å². The molecule has 1 fully saturated rings. The van der Waals surface area contributed by atoms with E-state index in [1.54, 1.807) is 18.2 Å². The molecule has 42 nitrogen and oxygen atoms in total. The van der Waals surface area contributed by atoms with Crippen molar-refractivity contribution >= 4 is 134 Å². The normalized spacial score (nSPS) is 16.9. The summed E-state index contributed by atoms with van der Waals surface area (Å²) in [6.45, 7) is 36.6. The number of fused-ring (bicyclic) bond motifs is 1. The number of nitrogens with one attached hydrogen (secondary N) is 18. The number of rotatable bonds is 40. The Kier molecular flexibility index (Phi) is 43.2. The van der Waals surface area contributed by atoms with Crippen LogP contribution in [0.5, 0.6) is 11.5 Å². The van der Waals surface area contributed by atoms with Crippen LogP contribution in [0.15, 0.2) is 18.2 Å². The van der Waals surface area contributed by atoms with Crippen LogP contribution in [0.25, 0.3) is 0 Å². The highest BCUT2D eigenvalue weighted by molar-refractivity contribution is 8.77. The maximum atomic E-state index is 13.6. The van der Waals surface area contributed by atoms with E-state index in [1.165, 1.54) is 173 Å². The van der Waals surface area contributed by atoms with Crippen LogP contribution in [0.3, 0.4) is 0 Å². The Morgan fingerprint density at radius 3 is 0.780 bits per heavy atom. The van der Waals surface area contributed by atoms with Crippen molar-refractivity contribution < 1.29 is 115 Å². The van der Waals surface area contributed by atoms with Crippen LogP contribution in [-0.4, -0.2) is 282 Å². The molecule has 2 heterocycles. The first-order valence-corrected chi connectivity index (χ1v) is 44.6. The van der Waals surface area contributed by atoms with Crippen molar-refractivity contribution in [1.82, 2.24) is 90.4 Å². The van der Waals surface area contributed by atoms with Crippen molar-refractivity contribution in [3.63, 3.8) is 0 Å². The quantitative estimate of drug-likeness (QED) is 0.0273. The fourth-order valence-corrected chi connectivity index (χ4v) is 14.2. The Morgan fingerprint density at radius 1 is 0.307 bits per heavy atom. The zero-order chi connectivity index (χ0) is 96.7. The molecule has 0 radical (unpaired) electrons. The van der Waals surface area contributed by atoms with E-state index in [1.807, 2.05) is 21.6 Å². The van der Waals surface area contributed by atoms with Crippen LogP contribution < -0.4 is 105 Å². The molecule has 1 unspecified atom stereocenters. The third kappa shape index (κ3) is 37.6. The van der Waals surface area contributed by atoms with Crippen LogP contribution in [-0.2, 0) is 105 Å². The highest BCUT2D eigenvalue weighted by atomic mass is 33.1. The second-order valence-electron chi connectivity index (χ2n) is 35.6. The molecule has 0 aliphatic carbocycles. The first-order chi connectivity index (χ1) is 58.6. The SMILES string of the molecule is C[C@H](NC(=O)CCCCC1CCSS1)C(=O)NC(C)(C)C(=O)N[C@@H](C)C(=O)NC(C)(C)C(=O)N[C@@H](C)C(=O)NC(C)(C)C(=O)N[C@@H](C)C(=O)NC(C)(C)C(=O)N[C@@H](C)C(=O)NC(C)(C)C(=O)N[C@@H](C)C(=O)NC(C)(C)C(=O)N[C@@H](C)C(=O)NC(C)(C)C(=O)N[C@@H](C)C(=O)NC(C)(C)C(=O)N[C@@H](C)C(=O)Nc1ccc2c(c1)OCCOCCOCCOCCOCCO2. The lowest BCUT2D eigenvalue weighted by molar-refractivity contribution is -0.139. The van der Waals surface area contributed by atoms with Crippen molar-refractivity contribution in [2.75, 3.05) is 77.1 Å². The number of unbranched alkanes of at least 4 members (excludes halogenated alkanes) is 1. The van der Waals surface area contributed by atoms with Gasteiger partial charge in [0.25, 0.3) is 0 Å². The summed E-state index contributed by atoms with van der Waals surface area (Å²) in [5.74, 6) is -12.4. The highest BCUT2D eigenvalue weighted by Gasteiger charge is 2.44. The first-order valence-electron chi connectivity index (χ1n) is 42.2. The Labute approximate surface area is 751 Å². The molecule has 1 aromatic carbocycles. The Hall–Kier alpha value is -10.2. The van der Waals surface area contributed by atoms with Gasteiger partial charge in [0.15, 0.2) is 11.5 Å². The summed E-state index contributed by atoms with van der Waals surface area (Å²) in [4.78, 5) is 242. The van der Waals surface area contributed by atoms with Crippen LogP contribution in [0.1, 0.15) is 205 Å². The van der Waals surface area contributed by atoms with Gasteiger partial charge in [-0.25, -0.2) is 0 Å². The Bertz CT molecular complexity index is 4080. The molecule has 0 bridgehead atoms. The topological polar surface area (TPSA) is 579 Å². The molecule has 0 spiro atoms. The number of ether oxygens (including phenoxy) is 6. The predicted molar refractivity (Wildman–Crippen MR) is 472 cm³/mol. The molecule has 2 aliphatic heterocycles. The maximum absolute atomic E-state index is 13.6. The summed E-state index contributed by atoms with van der Waals surface area (Å²) in [6, 6.07) is -6.61. The summed E-state index contributed by atoms with van der Waals surface area (Å²) in [5.41, 5.74) is -13.3. The zero-order valence-corrected chi connectivity index (χ0v) is 79.6. The maximum Gasteiger partial charge on any atom is 0.246 e. The molecule has 2 aliphatic rings. The van der Waals surface area contributed by atoms with Gasteiger partial charge in [0.2, 0.25) is 106 Å². The third-order valence-corrected chi connectivity index (χ3v) is 22.9. The molecule has 0 aromatic heterocycles. The fourth-order valence-electron chi connectivity index (χ4n) is 11.2. The van der Waals surface area contributed by atoms with Crippen LogP contribution in [0, 0.1) is 0 Å². The molecular weight excluding hydrogens is 1700 g/mol. The number of carbonyl (C=O) groups excluding carboxylic acids is 18. The Balaban J connectivity index is 1.44. The molecule has 1 aromatic rings. The number of hydrogen-bond donors (Lipinski definition) is 18. The van der Waals surface area contributed by atoms with E-state index in [2.05, 4.69) is 95.7 Å². The standard InChI is InChI=1S/C83H138N18O24S2/c1-45(59(103)93-54-30-31-56-57(44-54)125-42-40-123-38-36-121-34-33-120-35-37-122-39-41-124-56)85-68(112)76(10,11)95-61(105)47(3)87-70(114)78(14,15)97-63(107)49(5)89-72(116)80(18,19)99-65(109)51(7)91-74(118)82(22,23)101-67(111)53(9)92-75(119)83(24,25)100-66(110)52(8)90-73(117)81(20,21)98-64(108)50(6)88-71(115)79(16,17)96-62(106)48(4)86-69(113)77(12,13)94-60(104)46(2)84-58(102)29-27-26-28-55-32-43-126-127-55/h30-31,44-53,55H,26-29,32-43H2,1-25H3,(H,84,102)(H,85,112)(H,86,113)(H,87,114)(H,88,115)(H,89,116)(H,90,117)(H,91,118)(H,92,119)(H,93,103)(H,94,104)(H,95,105)(H,96,106)(H,97,107)(H,98,108)(H,99,109)(H,100,110)(H,101,111)/t45-,46-,47-,48-,49-,50-,51-,52-,53-,55?/m0/s1. The molecule has 716 valence electrons. The van der Waals surface area contributed by atoms with E-state index < -0.39 is 199 Å². The molecular formula is C83H138N18O24S2. The van der Waals surface area contributed by atoms with Gasteiger partial charge in [-0.1, -0.05) is 28.0 Å². The van der Waals surface area contributed by atoms with Gasteiger partial charge in [-0.15, -0.1) is 0 Å². The average Bonchev–Trinajstić information content (AvgIpc) is 1.36. The van der Waals surface area contributed by atoms with Gasteiger partial charge in [0.1, 0.15) is 112 Å². The third-order valence-electron chi connectivity index (χ3n) is 19.9. The van der Waals surface area contributed by atoms with Crippen LogP contribution >= 0.6 is 21.6 Å². The summed E-state index contributed by atoms with van der Waals surface area (Å²) in [7, 11) is 3.72. The van der Waals surface area contributed by atoms with Gasteiger partial charge in [-0.3, -0.25) is 86.3 Å². The first kappa shape index (κ1) is 111. The molecule has 10 atom stereocenters. The van der Waals surface area contributed by atoms with Crippen LogP contribution in [0.4, 0.5) is 5.69 Å². The van der Waals surface area contributed by atoms with E-state index in [0.717, 1.165) is 25.0 Å². The van der Waals surface area contributed by atoms with Crippen molar-refractivity contribution in [2.24, 2.45) is 0 Å². The molecule has 18 N–H and O–H groups in total. The lowest BCUT2D eigenvalue weighted by atomic mass is 10.0. The summed E-state index contributed by atoms with van der Waals surface area (Å²) in [5, 5.41) is 46.1. The smallest absolute Gasteiger partial charge is 0.246 e. The molecule has 18 amide bonds. The van der Waals surface area contributed by atoms with Gasteiger partial charge < -0.3 is 124 Å². The van der Waals surface area contributed by atoms with Crippen molar-refractivity contribution in [3.8, 4) is 11.5 Å². The Morgan fingerprint density at radius 2 is 0.535 bits per heavy atom. The molecule has 3 rings (SSSR count). The highest BCUT2D eigenvalue weighted by Crippen LogP contribution is 2.40. The minimum absolute atomic E-state index is 0.146. The van der Waals surface area contributed by atoms with Gasteiger partial charge in [0.05, 0.1) is 52.9 Å². The van der Waals surface area contributed by atoms with Crippen molar-refractivity contribution in [2.45, 2.75) is 309 Å². The monoisotopic (exact) mass is 1830 g/mol. The molecule has 1 saturated heterocycles. The zero-order valence-electron chi connectivity index (χ0n) is 77.9. The number of benzene rings is 1. The molecule has 0 saturated carbocycles. The van der Waals surface area contributed by atoms with Gasteiger partial charge in [-0.2, -0.15) is 0 Å². The number of hydrogen-bond acceptors (Lipinski definition) is 26. The second-order valence-corrected chi connectivity index (χ2v) is 38.4.